The summed E-state index contributed by atoms with van der Waals surface area (Å²) < 4.78 is 23.6. The molecule has 2 aliphatic heterocycles. The van der Waals surface area contributed by atoms with Gasteiger partial charge in [-0.05, 0) is 64.2 Å². The molecule has 9 N–H and O–H groups in total. The molecule has 0 spiro atoms. The van der Waals surface area contributed by atoms with E-state index in [9.17, 15) is 30.3 Å². The summed E-state index contributed by atoms with van der Waals surface area (Å²) in [5.74, 6) is 0.0815. The summed E-state index contributed by atoms with van der Waals surface area (Å²) in [6, 6.07) is -1.06. The Morgan fingerprint density at radius 3 is 2.37 bits per heavy atom. The fourth-order valence-corrected chi connectivity index (χ4v) is 6.71. The maximum atomic E-state index is 11.8. The van der Waals surface area contributed by atoms with Crippen LogP contribution < -0.4 is 16.4 Å². The molecule has 0 aromatic rings. The third kappa shape index (κ3) is 9.93. The Hall–Kier alpha value is -1.13. The number of rotatable bonds is 11. The van der Waals surface area contributed by atoms with Gasteiger partial charge in [-0.25, -0.2) is 4.79 Å². The molecule has 43 heavy (non-hydrogen) atoms. The summed E-state index contributed by atoms with van der Waals surface area (Å²) in [5.41, 5.74) is 5.39. The number of nitrogens with one attached hydrogen (secondary N) is 2. The molecule has 3 aliphatic rings. The van der Waals surface area contributed by atoms with Crippen molar-refractivity contribution in [3.63, 3.8) is 0 Å². The second-order valence-electron chi connectivity index (χ2n) is 13.9. The SMILES string of the molecule is CC1CC(C)C(C2OC(CNCC(O)CCNC(=O)OC(C)(C)C)CCC2C)C(O)C1OC1OC(CO)C(O)C(N)C1O. The normalized spacial score (nSPS) is 41.4. The average molecular weight is 620 g/mol. The van der Waals surface area contributed by atoms with Gasteiger partial charge in [-0.15, -0.1) is 0 Å². The first-order chi connectivity index (χ1) is 20.1. The van der Waals surface area contributed by atoms with Gasteiger partial charge in [0, 0.05) is 25.6 Å². The van der Waals surface area contributed by atoms with E-state index < -0.39 is 67.3 Å². The number of carbonyl (C=O) groups is 1. The first-order valence-corrected chi connectivity index (χ1v) is 15.9. The third-order valence-electron chi connectivity index (χ3n) is 9.05. The zero-order valence-corrected chi connectivity index (χ0v) is 26.6. The van der Waals surface area contributed by atoms with Crippen molar-refractivity contribution in [2.75, 3.05) is 26.2 Å². The lowest BCUT2D eigenvalue weighted by atomic mass is 9.66. The minimum atomic E-state index is -1.32. The lowest BCUT2D eigenvalue weighted by Crippen LogP contribution is -2.64. The molecule has 1 amide bonds. The third-order valence-corrected chi connectivity index (χ3v) is 9.05. The quantitative estimate of drug-likeness (QED) is 0.152. The number of nitrogens with two attached hydrogens (primary N) is 1. The van der Waals surface area contributed by atoms with Crippen molar-refractivity contribution >= 4 is 6.09 Å². The van der Waals surface area contributed by atoms with Gasteiger partial charge >= 0.3 is 6.09 Å². The van der Waals surface area contributed by atoms with Crippen LogP contribution in [0.1, 0.15) is 67.2 Å². The molecule has 1 aliphatic carbocycles. The van der Waals surface area contributed by atoms with Gasteiger partial charge < -0.3 is 60.8 Å². The highest BCUT2D eigenvalue weighted by Gasteiger charge is 2.51. The van der Waals surface area contributed by atoms with Crippen LogP contribution in [0.25, 0.3) is 0 Å². The Bertz CT molecular complexity index is 861. The lowest BCUT2D eigenvalue weighted by Gasteiger charge is -2.50. The summed E-state index contributed by atoms with van der Waals surface area (Å²) >= 11 is 0. The van der Waals surface area contributed by atoms with Crippen LogP contribution in [0.2, 0.25) is 0 Å². The molecule has 252 valence electrons. The Morgan fingerprint density at radius 1 is 1.02 bits per heavy atom. The lowest BCUT2D eigenvalue weighted by molar-refractivity contribution is -0.311. The van der Waals surface area contributed by atoms with Crippen LogP contribution in [0, 0.1) is 23.7 Å². The number of aliphatic hydroxyl groups excluding tert-OH is 5. The number of hydrogen-bond donors (Lipinski definition) is 8. The minimum Gasteiger partial charge on any atom is -0.444 e. The van der Waals surface area contributed by atoms with E-state index in [1.807, 2.05) is 6.92 Å². The van der Waals surface area contributed by atoms with Crippen LogP contribution in [0.4, 0.5) is 4.79 Å². The highest BCUT2D eigenvalue weighted by atomic mass is 16.7. The van der Waals surface area contributed by atoms with Crippen LogP contribution in [0.5, 0.6) is 0 Å². The van der Waals surface area contributed by atoms with E-state index in [0.717, 1.165) is 19.3 Å². The van der Waals surface area contributed by atoms with Crippen molar-refractivity contribution in [1.82, 2.24) is 10.6 Å². The first-order valence-electron chi connectivity index (χ1n) is 15.9. The van der Waals surface area contributed by atoms with Crippen molar-refractivity contribution in [2.24, 2.45) is 29.4 Å². The zero-order valence-electron chi connectivity index (χ0n) is 26.6. The van der Waals surface area contributed by atoms with E-state index in [-0.39, 0.29) is 35.9 Å². The summed E-state index contributed by atoms with van der Waals surface area (Å²) in [6.45, 7) is 12.3. The van der Waals surface area contributed by atoms with Gasteiger partial charge in [-0.2, -0.15) is 0 Å². The minimum absolute atomic E-state index is 0.0460. The van der Waals surface area contributed by atoms with Crippen molar-refractivity contribution < 1.29 is 49.3 Å². The van der Waals surface area contributed by atoms with Crippen LogP contribution >= 0.6 is 0 Å². The molecule has 0 radical (unpaired) electrons. The Kier molecular flexibility index (Phi) is 13.5. The van der Waals surface area contributed by atoms with Crippen LogP contribution in [0.3, 0.4) is 0 Å². The molecular weight excluding hydrogens is 562 g/mol. The van der Waals surface area contributed by atoms with E-state index in [1.54, 1.807) is 20.8 Å². The summed E-state index contributed by atoms with van der Waals surface area (Å²) in [7, 11) is 0. The monoisotopic (exact) mass is 619 g/mol. The zero-order chi connectivity index (χ0) is 32.1. The number of ether oxygens (including phenoxy) is 4. The Morgan fingerprint density at radius 2 is 1.72 bits per heavy atom. The van der Waals surface area contributed by atoms with Crippen molar-refractivity contribution in [1.29, 1.82) is 0 Å². The second-order valence-corrected chi connectivity index (χ2v) is 13.9. The molecule has 0 aromatic carbocycles. The van der Waals surface area contributed by atoms with Crippen LogP contribution in [0.15, 0.2) is 0 Å². The molecule has 14 atom stereocenters. The highest BCUT2D eigenvalue weighted by Crippen LogP contribution is 2.43. The molecule has 0 aromatic heterocycles. The average Bonchev–Trinajstić information content (AvgIpc) is 2.91. The molecule has 2 saturated heterocycles. The maximum Gasteiger partial charge on any atom is 0.407 e. The maximum absolute atomic E-state index is 11.8. The Balaban J connectivity index is 1.53. The van der Waals surface area contributed by atoms with Gasteiger partial charge in [0.1, 0.15) is 23.9 Å². The van der Waals surface area contributed by atoms with Crippen molar-refractivity contribution in [2.45, 2.75) is 134 Å². The van der Waals surface area contributed by atoms with Crippen molar-refractivity contribution in [3.05, 3.63) is 0 Å². The van der Waals surface area contributed by atoms with Crippen LogP contribution in [-0.4, -0.2) is 125 Å². The van der Waals surface area contributed by atoms with Gasteiger partial charge in [0.05, 0.1) is 43.2 Å². The fourth-order valence-electron chi connectivity index (χ4n) is 6.71. The first kappa shape index (κ1) is 36.3. The smallest absolute Gasteiger partial charge is 0.407 e. The number of carbonyl (C=O) groups excluding carboxylic acids is 1. The van der Waals surface area contributed by atoms with E-state index in [4.69, 9.17) is 24.7 Å². The summed E-state index contributed by atoms with van der Waals surface area (Å²) in [5, 5.41) is 58.4. The topological polar surface area (TPSA) is 205 Å². The molecule has 3 fully saturated rings. The molecular formula is C30H57N3O10. The number of aliphatic hydroxyl groups is 5. The predicted octanol–water partition coefficient (Wildman–Crippen LogP) is -0.160. The molecule has 14 unspecified atom stereocenters. The fraction of sp³-hybridized carbons (Fsp3) is 0.967. The Labute approximate surface area is 255 Å². The van der Waals surface area contributed by atoms with E-state index >= 15 is 0 Å². The standard InChI is InChI=1S/C30H57N3O10/c1-15-7-8-19(13-32-12-18(35)9-10-33-29(39)43-30(4,5)6)40-26(15)21-16(2)11-17(3)27(24(21)37)42-28-25(38)22(31)23(36)20(14-34)41-28/h15-28,32,34-38H,7-14,31H2,1-6H3,(H,33,39). The van der Waals surface area contributed by atoms with Gasteiger partial charge in [0.15, 0.2) is 6.29 Å². The van der Waals surface area contributed by atoms with Gasteiger partial charge in [-0.1, -0.05) is 20.8 Å². The van der Waals surface area contributed by atoms with Gasteiger partial charge in [0.2, 0.25) is 0 Å². The van der Waals surface area contributed by atoms with Crippen molar-refractivity contribution in [3.8, 4) is 0 Å². The number of alkyl carbamates (subject to hydrolysis) is 1. The summed E-state index contributed by atoms with van der Waals surface area (Å²) in [4.78, 5) is 11.8. The summed E-state index contributed by atoms with van der Waals surface area (Å²) in [6.07, 6.45) is -4.88. The molecule has 3 rings (SSSR count). The van der Waals surface area contributed by atoms with E-state index in [1.165, 1.54) is 0 Å². The van der Waals surface area contributed by atoms with E-state index in [0.29, 0.717) is 26.1 Å². The number of amides is 1. The molecule has 13 heteroatoms. The largest absolute Gasteiger partial charge is 0.444 e. The highest BCUT2D eigenvalue weighted by molar-refractivity contribution is 5.67. The van der Waals surface area contributed by atoms with E-state index in [2.05, 4.69) is 24.5 Å². The molecule has 1 saturated carbocycles. The molecule has 2 heterocycles. The van der Waals surface area contributed by atoms with Crippen LogP contribution in [-0.2, 0) is 18.9 Å². The molecule has 13 nitrogen and oxygen atoms in total. The van der Waals surface area contributed by atoms with Gasteiger partial charge in [-0.3, -0.25) is 0 Å². The second kappa shape index (κ2) is 15.9. The predicted molar refractivity (Wildman–Crippen MR) is 158 cm³/mol. The van der Waals surface area contributed by atoms with Gasteiger partial charge in [0.25, 0.3) is 0 Å². The molecule has 0 bridgehead atoms. The number of hydrogen-bond acceptors (Lipinski definition) is 12.